The highest BCUT2D eigenvalue weighted by Crippen LogP contribution is 2.23. The normalized spacial score (nSPS) is 17.8. The molecule has 1 saturated heterocycles. The molecule has 3 rings (SSSR count). The van der Waals surface area contributed by atoms with Crippen LogP contribution in [0.25, 0.3) is 11.5 Å². The van der Waals surface area contributed by atoms with E-state index < -0.39 is 0 Å². The number of aromatic nitrogens is 3. The number of pyridine rings is 1. The van der Waals surface area contributed by atoms with Crippen LogP contribution < -0.4 is 10.7 Å². The van der Waals surface area contributed by atoms with Crippen LogP contribution in [0.2, 0.25) is 0 Å². The van der Waals surface area contributed by atoms with E-state index in [0.29, 0.717) is 11.4 Å². The monoisotopic (exact) mass is 289 g/mol. The molecule has 7 heteroatoms. The van der Waals surface area contributed by atoms with Crippen LogP contribution in [0.1, 0.15) is 25.2 Å². The molecule has 0 spiro atoms. The third-order valence-electron chi connectivity index (χ3n) is 3.77. The van der Waals surface area contributed by atoms with Gasteiger partial charge in [0.05, 0.1) is 6.04 Å². The van der Waals surface area contributed by atoms with Gasteiger partial charge in [-0.2, -0.15) is 4.98 Å². The molecule has 1 aliphatic rings. The van der Waals surface area contributed by atoms with Gasteiger partial charge in [-0.05, 0) is 6.42 Å². The standard InChI is InChI=1S/C14H19N5O2/c1-2-11(19-7-5-15-6-8-19)13-17-14(21-18-13)10-9-16-4-3-12(10)20/h3-4,9,11,15H,2,5-8H2,1H3,(H,16,20). The number of hydrogen-bond donors (Lipinski definition) is 2. The summed E-state index contributed by atoms with van der Waals surface area (Å²) in [5, 5.41) is 7.41. The molecule has 0 radical (unpaired) electrons. The molecule has 0 aliphatic carbocycles. The molecule has 0 saturated carbocycles. The van der Waals surface area contributed by atoms with E-state index in [2.05, 4.69) is 32.3 Å². The SMILES string of the molecule is CCC(c1noc(-c2c[nH]ccc2=O)n1)N1CCNCC1. The van der Waals surface area contributed by atoms with Gasteiger partial charge >= 0.3 is 0 Å². The van der Waals surface area contributed by atoms with Crippen LogP contribution in [0.15, 0.2) is 27.8 Å². The Morgan fingerprint density at radius 1 is 1.43 bits per heavy atom. The first kappa shape index (κ1) is 14.0. The molecule has 1 fully saturated rings. The summed E-state index contributed by atoms with van der Waals surface area (Å²) in [7, 11) is 0. The van der Waals surface area contributed by atoms with Crippen molar-refractivity contribution >= 4 is 0 Å². The van der Waals surface area contributed by atoms with Crippen LogP contribution in [-0.2, 0) is 0 Å². The summed E-state index contributed by atoms with van der Waals surface area (Å²) < 4.78 is 5.28. The van der Waals surface area contributed by atoms with E-state index in [0.717, 1.165) is 32.6 Å². The van der Waals surface area contributed by atoms with Gasteiger partial charge in [0.1, 0.15) is 5.56 Å². The molecule has 2 aromatic heterocycles. The molecule has 21 heavy (non-hydrogen) atoms. The highest BCUT2D eigenvalue weighted by Gasteiger charge is 2.25. The topological polar surface area (TPSA) is 87.0 Å². The lowest BCUT2D eigenvalue weighted by atomic mass is 10.1. The van der Waals surface area contributed by atoms with Gasteiger partial charge in [0.25, 0.3) is 5.89 Å². The zero-order valence-corrected chi connectivity index (χ0v) is 12.0. The minimum atomic E-state index is -0.126. The molecule has 0 amide bonds. The number of H-pyrrole nitrogens is 1. The molecule has 1 unspecified atom stereocenters. The summed E-state index contributed by atoms with van der Waals surface area (Å²) in [5.74, 6) is 0.929. The van der Waals surface area contributed by atoms with Crippen LogP contribution in [0.3, 0.4) is 0 Å². The van der Waals surface area contributed by atoms with Gasteiger partial charge in [0, 0.05) is 44.6 Å². The van der Waals surface area contributed by atoms with Crippen LogP contribution in [0.5, 0.6) is 0 Å². The van der Waals surface area contributed by atoms with Gasteiger partial charge in [-0.3, -0.25) is 9.69 Å². The van der Waals surface area contributed by atoms with Gasteiger partial charge in [0.15, 0.2) is 11.3 Å². The average Bonchev–Trinajstić information content (AvgIpc) is 2.99. The lowest BCUT2D eigenvalue weighted by molar-refractivity contribution is 0.160. The average molecular weight is 289 g/mol. The highest BCUT2D eigenvalue weighted by molar-refractivity contribution is 5.50. The van der Waals surface area contributed by atoms with Crippen molar-refractivity contribution in [3.63, 3.8) is 0 Å². The molecule has 112 valence electrons. The lowest BCUT2D eigenvalue weighted by Gasteiger charge is -2.32. The summed E-state index contributed by atoms with van der Waals surface area (Å²) >= 11 is 0. The second-order valence-electron chi connectivity index (χ2n) is 5.09. The molecule has 2 aromatic rings. The van der Waals surface area contributed by atoms with Crippen molar-refractivity contribution in [3.8, 4) is 11.5 Å². The molecule has 0 aromatic carbocycles. The van der Waals surface area contributed by atoms with E-state index in [1.807, 2.05) is 0 Å². The van der Waals surface area contributed by atoms with Gasteiger partial charge in [-0.1, -0.05) is 12.1 Å². The fourth-order valence-electron chi connectivity index (χ4n) is 2.66. The smallest absolute Gasteiger partial charge is 0.263 e. The minimum Gasteiger partial charge on any atom is -0.367 e. The first-order valence-corrected chi connectivity index (χ1v) is 7.25. The van der Waals surface area contributed by atoms with Gasteiger partial charge in [-0.15, -0.1) is 0 Å². The van der Waals surface area contributed by atoms with Gasteiger partial charge < -0.3 is 14.8 Å². The quantitative estimate of drug-likeness (QED) is 0.865. The van der Waals surface area contributed by atoms with Crippen LogP contribution in [0.4, 0.5) is 0 Å². The number of nitrogens with one attached hydrogen (secondary N) is 2. The highest BCUT2D eigenvalue weighted by atomic mass is 16.5. The molecule has 0 bridgehead atoms. The summed E-state index contributed by atoms with van der Waals surface area (Å²) in [6.07, 6.45) is 4.08. The fraction of sp³-hybridized carbons (Fsp3) is 0.500. The summed E-state index contributed by atoms with van der Waals surface area (Å²) in [6.45, 7) is 5.99. The van der Waals surface area contributed by atoms with Crippen LogP contribution >= 0.6 is 0 Å². The number of rotatable bonds is 4. The Hall–Kier alpha value is -1.99. The summed E-state index contributed by atoms with van der Waals surface area (Å²) in [6, 6.07) is 1.58. The lowest BCUT2D eigenvalue weighted by Crippen LogP contribution is -2.45. The van der Waals surface area contributed by atoms with Gasteiger partial charge in [-0.25, -0.2) is 0 Å². The van der Waals surface area contributed by atoms with Crippen molar-refractivity contribution in [2.24, 2.45) is 0 Å². The second-order valence-corrected chi connectivity index (χ2v) is 5.09. The number of piperazine rings is 1. The van der Waals surface area contributed by atoms with E-state index in [4.69, 9.17) is 4.52 Å². The zero-order chi connectivity index (χ0) is 14.7. The largest absolute Gasteiger partial charge is 0.367 e. The first-order valence-electron chi connectivity index (χ1n) is 7.25. The Labute approximate surface area is 122 Å². The third-order valence-corrected chi connectivity index (χ3v) is 3.77. The van der Waals surface area contributed by atoms with Crippen molar-refractivity contribution in [2.75, 3.05) is 26.2 Å². The maximum absolute atomic E-state index is 11.8. The van der Waals surface area contributed by atoms with E-state index in [1.54, 1.807) is 12.4 Å². The van der Waals surface area contributed by atoms with Crippen molar-refractivity contribution in [1.82, 2.24) is 25.3 Å². The van der Waals surface area contributed by atoms with E-state index in [1.165, 1.54) is 6.07 Å². The fourth-order valence-corrected chi connectivity index (χ4v) is 2.66. The Kier molecular flexibility index (Phi) is 4.12. The molecule has 3 heterocycles. The molecule has 2 N–H and O–H groups in total. The maximum Gasteiger partial charge on any atom is 0.263 e. The van der Waals surface area contributed by atoms with Crippen molar-refractivity contribution in [1.29, 1.82) is 0 Å². The van der Waals surface area contributed by atoms with Gasteiger partial charge in [0.2, 0.25) is 0 Å². The summed E-state index contributed by atoms with van der Waals surface area (Å²) in [5.41, 5.74) is 0.283. The Bertz CT molecular complexity index is 645. The van der Waals surface area contributed by atoms with E-state index in [9.17, 15) is 4.79 Å². The maximum atomic E-state index is 11.8. The predicted octanol–water partition coefficient (Wildman–Crippen LogP) is 0.781. The second kappa shape index (κ2) is 6.19. The first-order chi connectivity index (χ1) is 10.3. The van der Waals surface area contributed by atoms with Crippen molar-refractivity contribution in [3.05, 3.63) is 34.5 Å². The molecule has 1 aliphatic heterocycles. The van der Waals surface area contributed by atoms with Crippen molar-refractivity contribution < 1.29 is 4.52 Å². The van der Waals surface area contributed by atoms with Crippen molar-refractivity contribution in [2.45, 2.75) is 19.4 Å². The number of hydrogen-bond acceptors (Lipinski definition) is 6. The van der Waals surface area contributed by atoms with E-state index >= 15 is 0 Å². The summed E-state index contributed by atoms with van der Waals surface area (Å²) in [4.78, 5) is 21.4. The zero-order valence-electron chi connectivity index (χ0n) is 12.0. The molecular formula is C14H19N5O2. The minimum absolute atomic E-state index is 0.126. The Morgan fingerprint density at radius 2 is 2.24 bits per heavy atom. The third kappa shape index (κ3) is 2.88. The number of aromatic amines is 1. The molecule has 1 atom stereocenters. The predicted molar refractivity (Wildman–Crippen MR) is 77.8 cm³/mol. The Morgan fingerprint density at radius 3 is 2.95 bits per heavy atom. The number of nitrogens with zero attached hydrogens (tertiary/aromatic N) is 3. The Balaban J connectivity index is 1.86. The van der Waals surface area contributed by atoms with Crippen LogP contribution in [-0.4, -0.2) is 46.2 Å². The van der Waals surface area contributed by atoms with Crippen LogP contribution in [0, 0.1) is 0 Å². The molecule has 7 nitrogen and oxygen atoms in total. The molecular weight excluding hydrogens is 270 g/mol. The van der Waals surface area contributed by atoms with E-state index in [-0.39, 0.29) is 17.4 Å².